The molecule has 2 aromatic rings. The van der Waals surface area contributed by atoms with Crippen molar-refractivity contribution in [1.29, 1.82) is 0 Å². The first-order chi connectivity index (χ1) is 10.1. The average molecular weight is 319 g/mol. The van der Waals surface area contributed by atoms with Crippen molar-refractivity contribution in [3.8, 4) is 11.3 Å². The number of carbonyl (C=O) groups excluding carboxylic acids is 1. The van der Waals surface area contributed by atoms with Crippen LogP contribution >= 0.6 is 24.0 Å². The van der Waals surface area contributed by atoms with Gasteiger partial charge in [-0.1, -0.05) is 36.1 Å². The third-order valence-corrected chi connectivity index (χ3v) is 4.51. The Morgan fingerprint density at radius 1 is 1.29 bits per heavy atom. The molecular weight excluding hydrogens is 309 g/mol. The van der Waals surface area contributed by atoms with E-state index in [0.29, 0.717) is 26.3 Å². The number of hydrogen-bond acceptors (Lipinski definition) is 4. The molecule has 0 atom stereocenters. The van der Waals surface area contributed by atoms with Gasteiger partial charge in [0.2, 0.25) is 0 Å². The highest BCUT2D eigenvalue weighted by atomic mass is 32.2. The van der Waals surface area contributed by atoms with Gasteiger partial charge in [0.1, 0.15) is 21.7 Å². The second kappa shape index (κ2) is 5.46. The van der Waals surface area contributed by atoms with Gasteiger partial charge in [0.15, 0.2) is 0 Å². The molecule has 0 unspecified atom stereocenters. The van der Waals surface area contributed by atoms with Crippen LogP contribution in [0.5, 0.6) is 0 Å². The summed E-state index contributed by atoms with van der Waals surface area (Å²) in [5, 5.41) is 0. The van der Waals surface area contributed by atoms with E-state index in [9.17, 15) is 9.18 Å². The predicted molar refractivity (Wildman–Crippen MR) is 85.0 cm³/mol. The molecular formula is C15H10FNO2S2. The predicted octanol–water partition coefficient (Wildman–Crippen LogP) is 3.92. The molecule has 3 rings (SSSR count). The first kappa shape index (κ1) is 14.0. The van der Waals surface area contributed by atoms with Crippen LogP contribution in [-0.2, 0) is 4.79 Å². The first-order valence-electron chi connectivity index (χ1n) is 6.12. The number of carbonyl (C=O) groups is 1. The van der Waals surface area contributed by atoms with Gasteiger partial charge >= 0.3 is 0 Å². The molecule has 6 heteroatoms. The van der Waals surface area contributed by atoms with Crippen LogP contribution < -0.4 is 0 Å². The summed E-state index contributed by atoms with van der Waals surface area (Å²) in [5.41, 5.74) is 0.389. The average Bonchev–Trinajstić information content (AvgIpc) is 3.01. The van der Waals surface area contributed by atoms with Crippen LogP contribution in [0.25, 0.3) is 17.4 Å². The quantitative estimate of drug-likeness (QED) is 0.620. The van der Waals surface area contributed by atoms with Gasteiger partial charge in [0, 0.05) is 13.1 Å². The number of thiocarbonyl (C=S) groups is 1. The standard InChI is InChI=1S/C15H10FNO2S2/c1-17-14(18)13(21-15(17)20)8-9-6-7-12(19-9)10-4-2-3-5-11(10)16/h2-8H,1H3. The summed E-state index contributed by atoms with van der Waals surface area (Å²) in [7, 11) is 1.63. The lowest BCUT2D eigenvalue weighted by molar-refractivity contribution is -0.121. The molecule has 1 aliphatic heterocycles. The molecule has 0 spiro atoms. The van der Waals surface area contributed by atoms with Crippen LogP contribution in [-0.4, -0.2) is 22.2 Å². The summed E-state index contributed by atoms with van der Waals surface area (Å²) in [6.45, 7) is 0. The summed E-state index contributed by atoms with van der Waals surface area (Å²) in [6, 6.07) is 9.75. The Kier molecular flexibility index (Phi) is 3.65. The number of benzene rings is 1. The highest BCUT2D eigenvalue weighted by Crippen LogP contribution is 2.32. The fourth-order valence-corrected chi connectivity index (χ4v) is 3.07. The summed E-state index contributed by atoms with van der Waals surface area (Å²) >= 11 is 6.28. The molecule has 1 aromatic carbocycles. The van der Waals surface area contributed by atoms with Crippen LogP contribution in [0.15, 0.2) is 45.7 Å². The monoisotopic (exact) mass is 319 g/mol. The van der Waals surface area contributed by atoms with Gasteiger partial charge in [0.05, 0.1) is 10.5 Å². The number of hydrogen-bond donors (Lipinski definition) is 0. The van der Waals surface area contributed by atoms with Crippen LogP contribution in [0.1, 0.15) is 5.76 Å². The number of likely N-dealkylation sites (N-methyl/N-ethyl adjacent to an activating group) is 1. The second-order valence-corrected chi connectivity index (χ2v) is 6.10. The molecule has 3 nitrogen and oxygen atoms in total. The van der Waals surface area contributed by atoms with Gasteiger partial charge in [-0.2, -0.15) is 0 Å². The van der Waals surface area contributed by atoms with Crippen molar-refractivity contribution in [3.63, 3.8) is 0 Å². The van der Waals surface area contributed by atoms with Crippen molar-refractivity contribution < 1.29 is 13.6 Å². The maximum atomic E-state index is 13.7. The van der Waals surface area contributed by atoms with E-state index in [1.54, 1.807) is 43.5 Å². The fourth-order valence-electron chi connectivity index (χ4n) is 1.91. The highest BCUT2D eigenvalue weighted by Gasteiger charge is 2.29. The van der Waals surface area contributed by atoms with Crippen LogP contribution in [0.4, 0.5) is 4.39 Å². The molecule has 21 heavy (non-hydrogen) atoms. The molecule has 0 aliphatic carbocycles. The number of thioether (sulfide) groups is 1. The molecule has 1 fully saturated rings. The normalized spacial score (nSPS) is 17.0. The lowest BCUT2D eigenvalue weighted by Crippen LogP contribution is -2.22. The van der Waals surface area contributed by atoms with Gasteiger partial charge in [-0.15, -0.1) is 0 Å². The second-order valence-electron chi connectivity index (χ2n) is 4.42. The van der Waals surface area contributed by atoms with E-state index in [2.05, 4.69) is 0 Å². The third kappa shape index (κ3) is 2.64. The van der Waals surface area contributed by atoms with Gasteiger partial charge in [-0.05, 0) is 24.3 Å². The summed E-state index contributed by atoms with van der Waals surface area (Å²) in [4.78, 5) is 13.8. The van der Waals surface area contributed by atoms with E-state index in [4.69, 9.17) is 16.6 Å². The molecule has 2 heterocycles. The van der Waals surface area contributed by atoms with E-state index in [1.165, 1.54) is 22.7 Å². The van der Waals surface area contributed by atoms with E-state index >= 15 is 0 Å². The Morgan fingerprint density at radius 2 is 2.05 bits per heavy atom. The zero-order valence-corrected chi connectivity index (χ0v) is 12.6. The third-order valence-electron chi connectivity index (χ3n) is 3.03. The lowest BCUT2D eigenvalue weighted by atomic mass is 10.1. The molecule has 1 amide bonds. The molecule has 0 bridgehead atoms. The van der Waals surface area contributed by atoms with Crippen molar-refractivity contribution in [2.75, 3.05) is 7.05 Å². The van der Waals surface area contributed by atoms with Crippen molar-refractivity contribution in [3.05, 3.63) is 52.9 Å². The van der Waals surface area contributed by atoms with Gasteiger partial charge in [-0.25, -0.2) is 4.39 Å². The minimum Gasteiger partial charge on any atom is -0.457 e. The Hall–Kier alpha value is -1.92. The Labute approximate surface area is 130 Å². The zero-order valence-electron chi connectivity index (χ0n) is 11.0. The minimum atomic E-state index is -0.349. The summed E-state index contributed by atoms with van der Waals surface area (Å²) in [6.07, 6.45) is 1.62. The van der Waals surface area contributed by atoms with E-state index in [-0.39, 0.29) is 11.7 Å². The van der Waals surface area contributed by atoms with E-state index in [0.717, 1.165) is 0 Å². The van der Waals surface area contributed by atoms with Crippen LogP contribution in [0.2, 0.25) is 0 Å². The Bertz CT molecular complexity index is 767. The smallest absolute Gasteiger partial charge is 0.266 e. The van der Waals surface area contributed by atoms with Crippen LogP contribution in [0.3, 0.4) is 0 Å². The molecule has 0 N–H and O–H groups in total. The summed E-state index contributed by atoms with van der Waals surface area (Å²) < 4.78 is 19.8. The van der Waals surface area contributed by atoms with E-state index in [1.807, 2.05) is 0 Å². The van der Waals surface area contributed by atoms with Gasteiger partial charge in [0.25, 0.3) is 5.91 Å². The summed E-state index contributed by atoms with van der Waals surface area (Å²) in [5.74, 6) is 0.403. The molecule has 0 saturated carbocycles. The number of halogens is 1. The van der Waals surface area contributed by atoms with Crippen molar-refractivity contribution in [2.24, 2.45) is 0 Å². The number of nitrogens with zero attached hydrogens (tertiary/aromatic N) is 1. The van der Waals surface area contributed by atoms with Crippen LogP contribution in [0, 0.1) is 5.82 Å². The van der Waals surface area contributed by atoms with Gasteiger partial charge in [-0.3, -0.25) is 9.69 Å². The Balaban J connectivity index is 1.92. The molecule has 0 radical (unpaired) electrons. The zero-order chi connectivity index (χ0) is 15.0. The van der Waals surface area contributed by atoms with Crippen molar-refractivity contribution in [2.45, 2.75) is 0 Å². The first-order valence-corrected chi connectivity index (χ1v) is 7.35. The van der Waals surface area contributed by atoms with Crippen molar-refractivity contribution in [1.82, 2.24) is 4.90 Å². The maximum Gasteiger partial charge on any atom is 0.266 e. The molecule has 1 aliphatic rings. The largest absolute Gasteiger partial charge is 0.457 e. The number of amides is 1. The number of furan rings is 1. The van der Waals surface area contributed by atoms with Crippen molar-refractivity contribution >= 4 is 40.3 Å². The molecule has 1 saturated heterocycles. The Morgan fingerprint density at radius 3 is 2.71 bits per heavy atom. The van der Waals surface area contributed by atoms with E-state index < -0.39 is 0 Å². The minimum absolute atomic E-state index is 0.158. The highest BCUT2D eigenvalue weighted by molar-refractivity contribution is 8.26. The fraction of sp³-hybridized carbons (Fsp3) is 0.0667. The maximum absolute atomic E-state index is 13.7. The number of rotatable bonds is 2. The lowest BCUT2D eigenvalue weighted by Gasteiger charge is -2.03. The molecule has 106 valence electrons. The van der Waals surface area contributed by atoms with Gasteiger partial charge < -0.3 is 4.42 Å². The molecule has 1 aromatic heterocycles. The SMILES string of the molecule is CN1C(=O)C(=Cc2ccc(-c3ccccc3F)o2)SC1=S. The topological polar surface area (TPSA) is 33.5 Å².